The summed E-state index contributed by atoms with van der Waals surface area (Å²) in [5.41, 5.74) is 1.99. The van der Waals surface area contributed by atoms with E-state index in [4.69, 9.17) is 9.47 Å². The molecule has 0 aliphatic carbocycles. The lowest BCUT2D eigenvalue weighted by molar-refractivity contribution is -0.125. The quantitative estimate of drug-likeness (QED) is 0.844. The molecule has 0 saturated carbocycles. The topological polar surface area (TPSA) is 89.5 Å². The third-order valence-corrected chi connectivity index (χ3v) is 5.59. The lowest BCUT2D eigenvalue weighted by Gasteiger charge is -2.36. The average molecular weight is 383 g/mol. The van der Waals surface area contributed by atoms with Crippen molar-refractivity contribution < 1.29 is 19.1 Å². The highest BCUT2D eigenvalue weighted by Crippen LogP contribution is 2.24. The van der Waals surface area contributed by atoms with E-state index < -0.39 is 0 Å². The summed E-state index contributed by atoms with van der Waals surface area (Å²) >= 11 is 0. The highest BCUT2D eigenvalue weighted by molar-refractivity contribution is 5.99. The van der Waals surface area contributed by atoms with Crippen LogP contribution in [0.25, 0.3) is 10.9 Å². The van der Waals surface area contributed by atoms with Crippen molar-refractivity contribution in [2.24, 2.45) is 0 Å². The number of benzene rings is 1. The molecule has 2 amide bonds. The van der Waals surface area contributed by atoms with Crippen LogP contribution in [0.2, 0.25) is 0 Å². The van der Waals surface area contributed by atoms with E-state index in [1.165, 1.54) is 0 Å². The number of pyridine rings is 1. The number of ether oxygens (including phenoxy) is 2. The van der Waals surface area contributed by atoms with Crippen LogP contribution < -0.4 is 15.4 Å². The third kappa shape index (κ3) is 3.67. The molecule has 3 atom stereocenters. The van der Waals surface area contributed by atoms with Crippen LogP contribution >= 0.6 is 0 Å². The number of amides is 2. The summed E-state index contributed by atoms with van der Waals surface area (Å²) in [5, 5.41) is 7.01. The molecule has 0 radical (unpaired) electrons. The van der Waals surface area contributed by atoms with E-state index in [0.29, 0.717) is 30.7 Å². The van der Waals surface area contributed by atoms with Crippen molar-refractivity contribution in [2.75, 3.05) is 13.7 Å². The lowest BCUT2D eigenvalue weighted by atomic mass is 9.92. The number of hydrogen-bond donors (Lipinski definition) is 2. The fourth-order valence-electron chi connectivity index (χ4n) is 4.07. The van der Waals surface area contributed by atoms with Gasteiger partial charge in [0.25, 0.3) is 5.91 Å². The van der Waals surface area contributed by atoms with Gasteiger partial charge < -0.3 is 20.1 Å². The smallest absolute Gasteiger partial charge is 0.253 e. The molecule has 2 saturated heterocycles. The van der Waals surface area contributed by atoms with Gasteiger partial charge in [0, 0.05) is 24.5 Å². The Morgan fingerprint density at radius 3 is 2.93 bits per heavy atom. The Hall–Kier alpha value is -2.67. The van der Waals surface area contributed by atoms with Crippen LogP contribution in [0.3, 0.4) is 0 Å². The van der Waals surface area contributed by atoms with Crippen LogP contribution in [0.15, 0.2) is 24.3 Å². The summed E-state index contributed by atoms with van der Waals surface area (Å²) in [6.45, 7) is 2.53. The standard InChI is InChI=1S/C21H25N3O4/c1-12-15(10-13-5-6-14(27-2)11-17(13)22-12)21(26)23-16-7-8-19(25)24-20(16)18-4-3-9-28-18/h5-6,10-11,16,18,20H,3-4,7-9H2,1-2H3,(H,23,26)(H,24,25)/t16-,18+,20-/m1/s1. The number of nitrogens with one attached hydrogen (secondary N) is 2. The highest BCUT2D eigenvalue weighted by atomic mass is 16.5. The van der Waals surface area contributed by atoms with Crippen LogP contribution in [-0.2, 0) is 9.53 Å². The van der Waals surface area contributed by atoms with Gasteiger partial charge in [-0.25, -0.2) is 0 Å². The van der Waals surface area contributed by atoms with Crippen molar-refractivity contribution in [1.82, 2.24) is 15.6 Å². The van der Waals surface area contributed by atoms with Gasteiger partial charge in [-0.15, -0.1) is 0 Å². The maximum absolute atomic E-state index is 13.0. The van der Waals surface area contributed by atoms with E-state index in [1.54, 1.807) is 7.11 Å². The predicted molar refractivity (Wildman–Crippen MR) is 104 cm³/mol. The molecule has 1 aromatic heterocycles. The summed E-state index contributed by atoms with van der Waals surface area (Å²) in [6.07, 6.45) is 2.85. The molecule has 2 aliphatic heterocycles. The zero-order valence-corrected chi connectivity index (χ0v) is 16.2. The summed E-state index contributed by atoms with van der Waals surface area (Å²) in [5.74, 6) is 0.573. The molecule has 148 valence electrons. The van der Waals surface area contributed by atoms with Crippen LogP contribution in [0, 0.1) is 6.92 Å². The highest BCUT2D eigenvalue weighted by Gasteiger charge is 2.37. The van der Waals surface area contributed by atoms with Crippen LogP contribution in [0.5, 0.6) is 5.75 Å². The number of aryl methyl sites for hydroxylation is 1. The van der Waals surface area contributed by atoms with Crippen LogP contribution in [0.4, 0.5) is 0 Å². The largest absolute Gasteiger partial charge is 0.497 e. The fourth-order valence-corrected chi connectivity index (χ4v) is 4.07. The Morgan fingerprint density at radius 2 is 2.18 bits per heavy atom. The number of carbonyl (C=O) groups excluding carboxylic acids is 2. The van der Waals surface area contributed by atoms with Crippen molar-refractivity contribution >= 4 is 22.7 Å². The minimum atomic E-state index is -0.189. The zero-order chi connectivity index (χ0) is 19.7. The van der Waals surface area contributed by atoms with Crippen molar-refractivity contribution in [3.8, 4) is 5.75 Å². The zero-order valence-electron chi connectivity index (χ0n) is 16.2. The second kappa shape index (κ2) is 7.75. The minimum Gasteiger partial charge on any atom is -0.497 e. The number of fused-ring (bicyclic) bond motifs is 1. The van der Waals surface area contributed by atoms with Gasteiger partial charge in [-0.2, -0.15) is 0 Å². The molecule has 0 unspecified atom stereocenters. The average Bonchev–Trinajstić information content (AvgIpc) is 3.22. The molecule has 2 aromatic rings. The van der Waals surface area contributed by atoms with E-state index >= 15 is 0 Å². The minimum absolute atomic E-state index is 0.0171. The number of rotatable bonds is 4. The molecule has 7 nitrogen and oxygen atoms in total. The molecular weight excluding hydrogens is 358 g/mol. The van der Waals surface area contributed by atoms with Gasteiger partial charge >= 0.3 is 0 Å². The Bertz CT molecular complexity index is 908. The van der Waals surface area contributed by atoms with Crippen molar-refractivity contribution in [2.45, 2.75) is 50.8 Å². The molecule has 3 heterocycles. The number of aromatic nitrogens is 1. The van der Waals surface area contributed by atoms with E-state index in [2.05, 4.69) is 15.6 Å². The summed E-state index contributed by atoms with van der Waals surface area (Å²) in [4.78, 5) is 29.5. The predicted octanol–water partition coefficient (Wildman–Crippen LogP) is 2.11. The van der Waals surface area contributed by atoms with Crippen molar-refractivity contribution in [1.29, 1.82) is 0 Å². The van der Waals surface area contributed by atoms with Gasteiger partial charge in [-0.1, -0.05) is 0 Å². The third-order valence-electron chi connectivity index (χ3n) is 5.59. The van der Waals surface area contributed by atoms with Gasteiger partial charge in [0.2, 0.25) is 5.91 Å². The molecular formula is C21H25N3O4. The number of nitrogens with zero attached hydrogens (tertiary/aromatic N) is 1. The molecule has 2 aliphatic rings. The first-order chi connectivity index (χ1) is 13.5. The van der Waals surface area contributed by atoms with Gasteiger partial charge in [0.15, 0.2) is 0 Å². The second-order valence-corrected chi connectivity index (χ2v) is 7.44. The molecule has 0 bridgehead atoms. The molecule has 1 aromatic carbocycles. The monoisotopic (exact) mass is 383 g/mol. The molecule has 28 heavy (non-hydrogen) atoms. The number of hydrogen-bond acceptors (Lipinski definition) is 5. The molecule has 7 heteroatoms. The van der Waals surface area contributed by atoms with Gasteiger partial charge in [0.1, 0.15) is 5.75 Å². The number of carbonyl (C=O) groups is 2. The molecule has 4 rings (SSSR count). The number of piperidine rings is 1. The molecule has 2 N–H and O–H groups in total. The van der Waals surface area contributed by atoms with Crippen LogP contribution in [-0.4, -0.2) is 48.7 Å². The maximum atomic E-state index is 13.0. The Labute approximate surface area is 163 Å². The van der Waals surface area contributed by atoms with E-state index in [0.717, 1.165) is 29.5 Å². The van der Waals surface area contributed by atoms with E-state index in [-0.39, 0.29) is 30.0 Å². The van der Waals surface area contributed by atoms with E-state index in [1.807, 2.05) is 31.2 Å². The van der Waals surface area contributed by atoms with Crippen molar-refractivity contribution in [3.63, 3.8) is 0 Å². The first kappa shape index (κ1) is 18.7. The molecule has 2 fully saturated rings. The first-order valence-electron chi connectivity index (χ1n) is 9.72. The fraction of sp³-hybridized carbons (Fsp3) is 0.476. The molecule has 0 spiro atoms. The Balaban J connectivity index is 1.56. The second-order valence-electron chi connectivity index (χ2n) is 7.44. The summed E-state index contributed by atoms with van der Waals surface area (Å²) < 4.78 is 11.0. The SMILES string of the molecule is COc1ccc2cc(C(=O)N[C@@H]3CCC(=O)N[C@H]3[C@@H]3CCCO3)c(C)nc2c1. The normalized spacial score (nSPS) is 24.8. The van der Waals surface area contributed by atoms with Gasteiger partial charge in [0.05, 0.1) is 42.1 Å². The summed E-state index contributed by atoms with van der Waals surface area (Å²) in [7, 11) is 1.61. The Morgan fingerprint density at radius 1 is 1.32 bits per heavy atom. The van der Waals surface area contributed by atoms with Crippen LogP contribution in [0.1, 0.15) is 41.7 Å². The maximum Gasteiger partial charge on any atom is 0.253 e. The first-order valence-corrected chi connectivity index (χ1v) is 9.72. The summed E-state index contributed by atoms with van der Waals surface area (Å²) in [6, 6.07) is 7.12. The Kier molecular flexibility index (Phi) is 5.17. The van der Waals surface area contributed by atoms with Gasteiger partial charge in [-0.3, -0.25) is 14.6 Å². The van der Waals surface area contributed by atoms with Crippen molar-refractivity contribution in [3.05, 3.63) is 35.5 Å². The lowest BCUT2D eigenvalue weighted by Crippen LogP contribution is -2.60. The van der Waals surface area contributed by atoms with Gasteiger partial charge in [-0.05, 0) is 44.4 Å². The number of methoxy groups -OCH3 is 1. The van der Waals surface area contributed by atoms with E-state index in [9.17, 15) is 9.59 Å².